The lowest BCUT2D eigenvalue weighted by molar-refractivity contribution is 0.0748. The molecule has 244 valence electrons. The van der Waals surface area contributed by atoms with Gasteiger partial charge in [-0.05, 0) is 80.7 Å². The lowest BCUT2D eigenvalue weighted by atomic mass is 10.0. The second-order valence-corrected chi connectivity index (χ2v) is 10.0. The van der Waals surface area contributed by atoms with Crippen LogP contribution in [0.3, 0.4) is 0 Å². The molecule has 0 unspecified atom stereocenters. The van der Waals surface area contributed by atoms with Crippen molar-refractivity contribution in [2.45, 2.75) is 94.2 Å². The molecule has 0 atom stereocenters. The van der Waals surface area contributed by atoms with E-state index in [2.05, 4.69) is 25.7 Å². The average molecular weight is 611 g/mol. The minimum Gasteiger partial charge on any atom is -0.507 e. The van der Waals surface area contributed by atoms with Gasteiger partial charge in [-0.2, -0.15) is 0 Å². The van der Waals surface area contributed by atoms with Crippen molar-refractivity contribution in [3.63, 3.8) is 0 Å². The Morgan fingerprint density at radius 3 is 2.05 bits per heavy atom. The number of Topliss-reactive ketones (excluding diaryl/α,β-unsaturated/α-hetero) is 1. The van der Waals surface area contributed by atoms with Crippen molar-refractivity contribution in [1.29, 1.82) is 0 Å². The lowest BCUT2D eigenvalue weighted by Gasteiger charge is -2.20. The Kier molecular flexibility index (Phi) is 18.3. The van der Waals surface area contributed by atoms with Crippen molar-refractivity contribution in [2.24, 2.45) is 0 Å². The van der Waals surface area contributed by atoms with Gasteiger partial charge in [0.1, 0.15) is 23.0 Å². The number of hydrogen-bond donors (Lipinski definition) is 2. The molecule has 0 bridgehead atoms. The van der Waals surface area contributed by atoms with Gasteiger partial charge in [-0.15, -0.1) is 0 Å². The first-order chi connectivity index (χ1) is 21.3. The third-order valence-corrected chi connectivity index (χ3v) is 6.81. The van der Waals surface area contributed by atoms with Crippen LogP contribution in [0.15, 0.2) is 53.1 Å². The van der Waals surface area contributed by atoms with Crippen LogP contribution in [0.2, 0.25) is 0 Å². The second-order valence-electron chi connectivity index (χ2n) is 10.0. The van der Waals surface area contributed by atoms with Crippen LogP contribution in [0.25, 0.3) is 0 Å². The normalized spacial score (nSPS) is 11.3. The summed E-state index contributed by atoms with van der Waals surface area (Å²) in [6.45, 7) is 20.5. The second kappa shape index (κ2) is 21.0. The summed E-state index contributed by atoms with van der Waals surface area (Å²) in [5.41, 5.74) is 2.05. The van der Waals surface area contributed by atoms with Crippen LogP contribution in [-0.4, -0.2) is 57.9 Å². The standard InChI is InChI=1S/C26H34N2O5.C6H8O.2C2H6/c1-4-9-27(10-5-2)11-6-12-33-21-8-7-19-16-28(17-20(19)13-21)26(32)23-14-22(18(3)29)24(30)15-25(23)31;1-2-6-4-3-5-7-6;2*1-2/h7-8,13-15,30-31H,4-6,9-12,16-17H2,1-3H3;3-5H,2H2,1H3;2*1-2H3. The first-order valence-corrected chi connectivity index (χ1v) is 16.1. The van der Waals surface area contributed by atoms with Gasteiger partial charge in [0.25, 0.3) is 5.91 Å². The average Bonchev–Trinajstić information content (AvgIpc) is 3.71. The molecule has 0 spiro atoms. The minimum absolute atomic E-state index is 0.00555. The number of aromatic hydroxyl groups is 2. The van der Waals surface area contributed by atoms with E-state index in [1.807, 2.05) is 58.0 Å². The van der Waals surface area contributed by atoms with Gasteiger partial charge in [0.05, 0.1) is 24.0 Å². The largest absolute Gasteiger partial charge is 0.507 e. The van der Waals surface area contributed by atoms with Crippen LogP contribution in [0.1, 0.15) is 112 Å². The fourth-order valence-electron chi connectivity index (χ4n) is 4.76. The van der Waals surface area contributed by atoms with E-state index in [0.717, 1.165) is 74.0 Å². The number of nitrogens with zero attached hydrogens (tertiary/aromatic N) is 2. The van der Waals surface area contributed by atoms with Crippen molar-refractivity contribution in [1.82, 2.24) is 9.80 Å². The fourth-order valence-corrected chi connectivity index (χ4v) is 4.76. The summed E-state index contributed by atoms with van der Waals surface area (Å²) in [6.07, 6.45) is 5.95. The molecule has 2 heterocycles. The maximum atomic E-state index is 13.0. The molecule has 3 aromatic rings. The van der Waals surface area contributed by atoms with Crippen LogP contribution in [0.4, 0.5) is 0 Å². The Morgan fingerprint density at radius 1 is 0.864 bits per heavy atom. The molecule has 8 nitrogen and oxygen atoms in total. The molecule has 1 amide bonds. The third-order valence-electron chi connectivity index (χ3n) is 6.81. The molecule has 0 radical (unpaired) electrons. The smallest absolute Gasteiger partial charge is 0.258 e. The highest BCUT2D eigenvalue weighted by Crippen LogP contribution is 2.32. The Morgan fingerprint density at radius 2 is 1.50 bits per heavy atom. The number of fused-ring (bicyclic) bond motifs is 1. The van der Waals surface area contributed by atoms with Gasteiger partial charge < -0.3 is 29.2 Å². The van der Waals surface area contributed by atoms with E-state index in [0.29, 0.717) is 19.7 Å². The van der Waals surface area contributed by atoms with E-state index >= 15 is 0 Å². The number of ketones is 1. The van der Waals surface area contributed by atoms with Gasteiger partial charge in [-0.1, -0.05) is 54.5 Å². The predicted molar refractivity (Wildman–Crippen MR) is 178 cm³/mol. The number of furan rings is 1. The van der Waals surface area contributed by atoms with Gasteiger partial charge in [0.2, 0.25) is 0 Å². The Balaban J connectivity index is 0.000000752. The Labute approximate surface area is 264 Å². The summed E-state index contributed by atoms with van der Waals surface area (Å²) >= 11 is 0. The van der Waals surface area contributed by atoms with Crippen LogP contribution in [0.5, 0.6) is 17.2 Å². The van der Waals surface area contributed by atoms with E-state index in [4.69, 9.17) is 9.15 Å². The molecule has 4 rings (SSSR count). The molecule has 0 saturated heterocycles. The van der Waals surface area contributed by atoms with E-state index in [-0.39, 0.29) is 34.3 Å². The lowest BCUT2D eigenvalue weighted by Crippen LogP contribution is -2.27. The quantitative estimate of drug-likeness (QED) is 0.157. The SMILES string of the molecule is CC.CC.CCCN(CCC)CCCOc1ccc2c(c1)CN(C(=O)c1cc(C(C)=O)c(O)cc1O)C2.CCc1ccco1. The molecule has 2 aromatic carbocycles. The van der Waals surface area contributed by atoms with Gasteiger partial charge in [-0.3, -0.25) is 9.59 Å². The third kappa shape index (κ3) is 11.7. The summed E-state index contributed by atoms with van der Waals surface area (Å²) in [6, 6.07) is 12.0. The fraction of sp³-hybridized carbons (Fsp3) is 0.500. The Bertz CT molecular complexity index is 1250. The first kappa shape index (κ1) is 38.2. The van der Waals surface area contributed by atoms with E-state index < -0.39 is 0 Å². The van der Waals surface area contributed by atoms with Gasteiger partial charge in [0, 0.05) is 32.1 Å². The number of rotatable bonds is 12. The number of hydrogen-bond acceptors (Lipinski definition) is 7. The minimum atomic E-state index is -0.388. The van der Waals surface area contributed by atoms with Crippen molar-refractivity contribution < 1.29 is 29.0 Å². The topological polar surface area (TPSA) is 103 Å². The van der Waals surface area contributed by atoms with Crippen LogP contribution >= 0.6 is 0 Å². The number of ether oxygens (including phenoxy) is 1. The number of amides is 1. The number of benzene rings is 2. The van der Waals surface area contributed by atoms with E-state index in [1.165, 1.54) is 13.0 Å². The number of phenols is 2. The van der Waals surface area contributed by atoms with Crippen LogP contribution in [0, 0.1) is 0 Å². The maximum absolute atomic E-state index is 13.0. The molecule has 1 aliphatic heterocycles. The van der Waals surface area contributed by atoms with Crippen molar-refractivity contribution in [3.8, 4) is 17.2 Å². The molecule has 0 fully saturated rings. The molecule has 1 aromatic heterocycles. The zero-order valence-electron chi connectivity index (χ0n) is 28.1. The maximum Gasteiger partial charge on any atom is 0.258 e. The van der Waals surface area contributed by atoms with Crippen molar-refractivity contribution in [3.05, 3.63) is 76.7 Å². The van der Waals surface area contributed by atoms with Gasteiger partial charge in [0.15, 0.2) is 5.78 Å². The number of carbonyl (C=O) groups excluding carboxylic acids is 2. The predicted octanol–water partition coefficient (Wildman–Crippen LogP) is 8.24. The molecular weight excluding hydrogens is 556 g/mol. The van der Waals surface area contributed by atoms with Crippen molar-refractivity contribution in [2.75, 3.05) is 26.2 Å². The zero-order chi connectivity index (χ0) is 33.1. The van der Waals surface area contributed by atoms with E-state index in [1.54, 1.807) is 11.2 Å². The molecule has 0 aliphatic carbocycles. The summed E-state index contributed by atoms with van der Waals surface area (Å²) in [7, 11) is 0. The summed E-state index contributed by atoms with van der Waals surface area (Å²) in [4.78, 5) is 28.8. The highest BCUT2D eigenvalue weighted by molar-refractivity contribution is 6.03. The highest BCUT2D eigenvalue weighted by Gasteiger charge is 2.27. The number of phenolic OH excluding ortho intramolecular Hbond substituents is 2. The molecule has 8 heteroatoms. The summed E-state index contributed by atoms with van der Waals surface area (Å²) in [5.74, 6) is 0.395. The van der Waals surface area contributed by atoms with Gasteiger partial charge >= 0.3 is 0 Å². The summed E-state index contributed by atoms with van der Waals surface area (Å²) in [5, 5.41) is 20.0. The monoisotopic (exact) mass is 610 g/mol. The molecule has 0 saturated carbocycles. The van der Waals surface area contributed by atoms with Gasteiger partial charge in [-0.25, -0.2) is 0 Å². The Hall–Kier alpha value is -3.78. The number of carbonyl (C=O) groups is 2. The van der Waals surface area contributed by atoms with Crippen molar-refractivity contribution >= 4 is 11.7 Å². The van der Waals surface area contributed by atoms with Crippen LogP contribution < -0.4 is 4.74 Å². The zero-order valence-corrected chi connectivity index (χ0v) is 28.1. The first-order valence-electron chi connectivity index (χ1n) is 16.1. The molecule has 1 aliphatic rings. The number of aryl methyl sites for hydroxylation is 1. The molecular formula is C36H54N2O6. The molecule has 44 heavy (non-hydrogen) atoms. The van der Waals surface area contributed by atoms with Crippen LogP contribution in [-0.2, 0) is 19.5 Å². The van der Waals surface area contributed by atoms with E-state index in [9.17, 15) is 19.8 Å². The highest BCUT2D eigenvalue weighted by atomic mass is 16.5. The summed E-state index contributed by atoms with van der Waals surface area (Å²) < 4.78 is 10.9. The molecule has 2 N–H and O–H groups in total.